The van der Waals surface area contributed by atoms with E-state index in [9.17, 15) is 9.59 Å². The molecule has 1 N–H and O–H groups in total. The molecule has 208 valence electrons. The van der Waals surface area contributed by atoms with Crippen molar-refractivity contribution in [2.24, 2.45) is 0 Å². The number of methoxy groups -OCH3 is 2. The van der Waals surface area contributed by atoms with Gasteiger partial charge in [0.2, 0.25) is 0 Å². The maximum atomic E-state index is 12.8. The summed E-state index contributed by atoms with van der Waals surface area (Å²) in [5.74, 6) is 1.38. The zero-order chi connectivity index (χ0) is 28.8. The Morgan fingerprint density at radius 3 is 2.54 bits per heavy atom. The predicted octanol–water partition coefficient (Wildman–Crippen LogP) is 5.73. The number of ether oxygens (including phenoxy) is 4. The van der Waals surface area contributed by atoms with Crippen molar-refractivity contribution < 1.29 is 28.5 Å². The minimum atomic E-state index is -0.303. The van der Waals surface area contributed by atoms with Crippen molar-refractivity contribution in [2.75, 3.05) is 32.8 Å². The molecule has 0 amide bonds. The molecule has 1 heterocycles. The van der Waals surface area contributed by atoms with E-state index in [0.717, 1.165) is 5.56 Å². The Bertz CT molecular complexity index is 1680. The number of fused-ring (bicyclic) bond motifs is 1. The van der Waals surface area contributed by atoms with Gasteiger partial charge >= 0.3 is 0 Å². The second kappa shape index (κ2) is 12.6. The van der Waals surface area contributed by atoms with Gasteiger partial charge < -0.3 is 24.3 Å². The van der Waals surface area contributed by atoms with Crippen LogP contribution < -0.4 is 19.5 Å². The summed E-state index contributed by atoms with van der Waals surface area (Å²) in [5.41, 5.74) is 2.71. The van der Waals surface area contributed by atoms with Crippen LogP contribution in [-0.4, -0.2) is 49.0 Å². The normalized spacial score (nSPS) is 12.8. The summed E-state index contributed by atoms with van der Waals surface area (Å²) in [6.45, 7) is 0.961. The average molecular weight is 572 g/mol. The molecular formula is C31H26ClN3O6. The van der Waals surface area contributed by atoms with Crippen molar-refractivity contribution >= 4 is 51.1 Å². The van der Waals surface area contributed by atoms with Crippen LogP contribution in [0.5, 0.6) is 17.2 Å². The first-order valence-corrected chi connectivity index (χ1v) is 13.0. The van der Waals surface area contributed by atoms with Gasteiger partial charge in [-0.05, 0) is 48.6 Å². The Morgan fingerprint density at radius 1 is 0.878 bits per heavy atom. The molecule has 1 aromatic heterocycles. The lowest BCUT2D eigenvalue weighted by molar-refractivity contribution is -0.113. The first-order chi connectivity index (χ1) is 20.0. The number of nitrogens with zero attached hydrogens (tertiary/aromatic N) is 2. The summed E-state index contributed by atoms with van der Waals surface area (Å²) >= 11 is 6.30. The predicted molar refractivity (Wildman–Crippen MR) is 156 cm³/mol. The summed E-state index contributed by atoms with van der Waals surface area (Å²) in [6, 6.07) is 16.2. The highest BCUT2D eigenvalue weighted by atomic mass is 35.5. The molecule has 9 nitrogen and oxygen atoms in total. The van der Waals surface area contributed by atoms with E-state index in [1.165, 1.54) is 24.6 Å². The van der Waals surface area contributed by atoms with Crippen molar-refractivity contribution in [2.45, 2.75) is 6.61 Å². The number of hydrogen-bond acceptors (Lipinski definition) is 9. The molecule has 3 aromatic carbocycles. The van der Waals surface area contributed by atoms with Crippen LogP contribution in [0.25, 0.3) is 16.5 Å². The number of ketones is 2. The molecule has 4 aromatic rings. The fourth-order valence-corrected chi connectivity index (χ4v) is 4.43. The smallest absolute Gasteiger partial charge is 0.186 e. The molecule has 0 spiro atoms. The summed E-state index contributed by atoms with van der Waals surface area (Å²) in [4.78, 5) is 33.8. The summed E-state index contributed by atoms with van der Waals surface area (Å²) in [6.07, 6.45) is 5.24. The lowest BCUT2D eigenvalue weighted by atomic mass is 9.95. The van der Waals surface area contributed by atoms with Crippen LogP contribution >= 0.6 is 11.6 Å². The van der Waals surface area contributed by atoms with Crippen molar-refractivity contribution in [1.82, 2.24) is 9.97 Å². The second-order valence-electron chi connectivity index (χ2n) is 8.96. The van der Waals surface area contributed by atoms with Crippen molar-refractivity contribution in [3.63, 3.8) is 0 Å². The second-order valence-corrected chi connectivity index (χ2v) is 9.36. The Morgan fingerprint density at radius 2 is 1.73 bits per heavy atom. The van der Waals surface area contributed by atoms with Gasteiger partial charge in [-0.2, -0.15) is 0 Å². The van der Waals surface area contributed by atoms with E-state index in [-0.39, 0.29) is 23.7 Å². The van der Waals surface area contributed by atoms with Gasteiger partial charge in [0.25, 0.3) is 0 Å². The number of carbonyl (C=O) groups is 2. The fraction of sp³-hybridized carbons (Fsp3) is 0.161. The molecule has 0 unspecified atom stereocenters. The van der Waals surface area contributed by atoms with Crippen LogP contribution in [-0.2, 0) is 20.9 Å². The van der Waals surface area contributed by atoms with E-state index >= 15 is 0 Å². The minimum absolute atomic E-state index is 0.176. The van der Waals surface area contributed by atoms with Gasteiger partial charge in [-0.1, -0.05) is 29.8 Å². The number of rotatable bonds is 11. The van der Waals surface area contributed by atoms with Crippen LogP contribution in [0.2, 0.25) is 5.02 Å². The van der Waals surface area contributed by atoms with Gasteiger partial charge in [0.05, 0.1) is 19.2 Å². The van der Waals surface area contributed by atoms with E-state index in [0.29, 0.717) is 63.5 Å². The molecule has 0 bridgehead atoms. The van der Waals surface area contributed by atoms with E-state index < -0.39 is 0 Å². The molecular weight excluding hydrogens is 546 g/mol. The van der Waals surface area contributed by atoms with Crippen LogP contribution in [0.4, 0.5) is 11.5 Å². The van der Waals surface area contributed by atoms with Crippen molar-refractivity contribution in [3.8, 4) is 17.2 Å². The number of aromatic nitrogens is 2. The standard InChI is InChI=1S/C31H26ClN3O6/c1-38-11-12-40-30-16-26-24(15-29(30)39-2)31(34-18-33-26)35-20-7-10-28(41-17-19-5-3-4-6-25(19)32)23(13-20)22-14-21(36)8-9-27(22)37/h3-10,13-16,18H,11-12,17H2,1-2H3,(H,33,34,35). The quantitative estimate of drug-likeness (QED) is 0.178. The monoisotopic (exact) mass is 571 g/mol. The molecule has 0 saturated carbocycles. The largest absolute Gasteiger partial charge is 0.493 e. The van der Waals surface area contributed by atoms with Gasteiger partial charge in [0.1, 0.15) is 31.1 Å². The lowest BCUT2D eigenvalue weighted by Crippen LogP contribution is -2.09. The lowest BCUT2D eigenvalue weighted by Gasteiger charge is -2.17. The molecule has 0 fully saturated rings. The molecule has 10 heteroatoms. The van der Waals surface area contributed by atoms with Crippen molar-refractivity contribution in [1.29, 1.82) is 0 Å². The molecule has 1 aliphatic carbocycles. The summed E-state index contributed by atoms with van der Waals surface area (Å²) in [7, 11) is 3.16. The summed E-state index contributed by atoms with van der Waals surface area (Å²) in [5, 5.41) is 4.56. The molecule has 0 atom stereocenters. The number of carbonyl (C=O) groups excluding carboxylic acids is 2. The van der Waals surface area contributed by atoms with E-state index in [4.69, 9.17) is 30.5 Å². The molecule has 1 aliphatic rings. The third kappa shape index (κ3) is 6.37. The Kier molecular flexibility index (Phi) is 8.57. The van der Waals surface area contributed by atoms with E-state index in [2.05, 4.69) is 15.3 Å². The maximum absolute atomic E-state index is 12.8. The zero-order valence-corrected chi connectivity index (χ0v) is 23.1. The molecule has 41 heavy (non-hydrogen) atoms. The highest BCUT2D eigenvalue weighted by molar-refractivity contribution is 6.34. The maximum Gasteiger partial charge on any atom is 0.186 e. The van der Waals surface area contributed by atoms with Crippen LogP contribution in [0.1, 0.15) is 11.1 Å². The Balaban J connectivity index is 1.50. The van der Waals surface area contributed by atoms with Gasteiger partial charge in [-0.15, -0.1) is 0 Å². The fourth-order valence-electron chi connectivity index (χ4n) is 4.24. The van der Waals surface area contributed by atoms with Crippen LogP contribution in [0, 0.1) is 0 Å². The van der Waals surface area contributed by atoms with Gasteiger partial charge in [0, 0.05) is 46.0 Å². The number of halogens is 1. The molecule has 0 saturated heterocycles. The first-order valence-electron chi connectivity index (χ1n) is 12.7. The van der Waals surface area contributed by atoms with Crippen LogP contribution in [0.15, 0.2) is 79.2 Å². The van der Waals surface area contributed by atoms with Crippen molar-refractivity contribution in [3.05, 3.63) is 95.3 Å². The number of nitrogens with one attached hydrogen (secondary N) is 1. The van der Waals surface area contributed by atoms with Gasteiger partial charge in [-0.3, -0.25) is 9.59 Å². The first kappa shape index (κ1) is 27.8. The number of anilines is 2. The SMILES string of the molecule is COCCOc1cc2ncnc(Nc3ccc(OCc4ccccc4Cl)c(C4=CC(=O)C=CC4=O)c3)c2cc1OC. The van der Waals surface area contributed by atoms with E-state index in [1.807, 2.05) is 18.2 Å². The minimum Gasteiger partial charge on any atom is -0.493 e. The molecule has 0 aliphatic heterocycles. The average Bonchev–Trinajstić information content (AvgIpc) is 2.98. The van der Waals surface area contributed by atoms with Gasteiger partial charge in [0.15, 0.2) is 23.1 Å². The highest BCUT2D eigenvalue weighted by Gasteiger charge is 2.21. The molecule has 5 rings (SSSR count). The van der Waals surface area contributed by atoms with Gasteiger partial charge in [-0.25, -0.2) is 9.97 Å². The topological polar surface area (TPSA) is 109 Å². The molecule has 0 radical (unpaired) electrons. The third-order valence-corrected chi connectivity index (χ3v) is 6.66. The van der Waals surface area contributed by atoms with E-state index in [1.54, 1.807) is 50.6 Å². The Hall–Kier alpha value is -4.73. The number of benzene rings is 3. The highest BCUT2D eigenvalue weighted by Crippen LogP contribution is 2.37. The Labute approximate surface area is 241 Å². The number of allylic oxidation sites excluding steroid dienone is 4. The third-order valence-electron chi connectivity index (χ3n) is 6.29. The number of hydrogen-bond donors (Lipinski definition) is 1. The summed E-state index contributed by atoms with van der Waals surface area (Å²) < 4.78 is 22.5. The zero-order valence-electron chi connectivity index (χ0n) is 22.3. The van der Waals surface area contributed by atoms with Crippen LogP contribution in [0.3, 0.4) is 0 Å².